The number of thioether (sulfide) groups is 1. The third-order valence-electron chi connectivity index (χ3n) is 4.20. The summed E-state index contributed by atoms with van der Waals surface area (Å²) in [6, 6.07) is 5.00. The van der Waals surface area contributed by atoms with Gasteiger partial charge in [0.15, 0.2) is 0 Å². The predicted octanol–water partition coefficient (Wildman–Crippen LogP) is 1.50. The minimum absolute atomic E-state index is 0.305. The maximum Gasteiger partial charge on any atom is 0.321 e. The summed E-state index contributed by atoms with van der Waals surface area (Å²) in [7, 11) is 0. The quantitative estimate of drug-likeness (QED) is 0.882. The van der Waals surface area contributed by atoms with E-state index in [-0.39, 0.29) is 6.04 Å². The van der Waals surface area contributed by atoms with Crippen LogP contribution >= 0.6 is 11.8 Å². The number of carboxylic acids is 1. The van der Waals surface area contributed by atoms with Crippen molar-refractivity contribution in [1.29, 1.82) is 0 Å². The van der Waals surface area contributed by atoms with E-state index in [1.807, 2.05) is 23.1 Å². The van der Waals surface area contributed by atoms with Crippen molar-refractivity contribution in [2.75, 3.05) is 18.2 Å². The topological polar surface area (TPSA) is 70.0 Å². The first kappa shape index (κ1) is 14.7. The van der Waals surface area contributed by atoms with E-state index >= 15 is 0 Å². The van der Waals surface area contributed by atoms with E-state index in [1.165, 1.54) is 0 Å². The summed E-state index contributed by atoms with van der Waals surface area (Å²) >= 11 is 1.58. The van der Waals surface area contributed by atoms with E-state index < -0.39 is 18.1 Å². The molecule has 6 heteroatoms. The fraction of sp³-hybridized carbons (Fsp3) is 0.533. The van der Waals surface area contributed by atoms with Crippen LogP contribution in [0.2, 0.25) is 0 Å². The summed E-state index contributed by atoms with van der Waals surface area (Å²) in [4.78, 5) is 13.2. The minimum atomic E-state index is -0.833. The van der Waals surface area contributed by atoms with Crippen LogP contribution in [0.3, 0.4) is 0 Å². The summed E-state index contributed by atoms with van der Waals surface area (Å²) in [6.45, 7) is 2.39. The van der Waals surface area contributed by atoms with Crippen LogP contribution in [0.25, 0.3) is 0 Å². The van der Waals surface area contributed by atoms with Crippen molar-refractivity contribution in [3.05, 3.63) is 29.3 Å². The van der Waals surface area contributed by atoms with Gasteiger partial charge in [0.1, 0.15) is 24.5 Å². The number of aryl methyl sites for hydroxylation is 1. The molecule has 3 unspecified atom stereocenters. The van der Waals surface area contributed by atoms with Gasteiger partial charge in [0.05, 0.1) is 6.04 Å². The number of benzene rings is 1. The first-order valence-corrected chi connectivity index (χ1v) is 8.27. The van der Waals surface area contributed by atoms with E-state index in [9.17, 15) is 15.0 Å². The summed E-state index contributed by atoms with van der Waals surface area (Å²) in [5.74, 6) is 1.04. The second-order valence-electron chi connectivity index (χ2n) is 5.42. The highest BCUT2D eigenvalue weighted by Gasteiger charge is 2.42. The van der Waals surface area contributed by atoms with Crippen molar-refractivity contribution in [2.45, 2.75) is 31.5 Å². The number of carbonyl (C=O) groups is 1. The highest BCUT2D eigenvalue weighted by atomic mass is 32.2. The van der Waals surface area contributed by atoms with Gasteiger partial charge in [-0.25, -0.2) is 0 Å². The van der Waals surface area contributed by atoms with Crippen molar-refractivity contribution in [3.63, 3.8) is 0 Å². The lowest BCUT2D eigenvalue weighted by Crippen LogP contribution is -2.51. The first-order valence-electron chi connectivity index (χ1n) is 7.11. The van der Waals surface area contributed by atoms with Crippen molar-refractivity contribution >= 4 is 17.7 Å². The number of aliphatic carboxylic acids is 1. The monoisotopic (exact) mass is 309 g/mol. The number of aliphatic hydroxyl groups excluding tert-OH is 1. The SMILES string of the molecule is CCc1ccc2c(c1)C(O)C(N1CSCC1C(=O)O)CO2. The number of hydrogen-bond donors (Lipinski definition) is 2. The Kier molecular flexibility index (Phi) is 4.10. The molecule has 0 aliphatic carbocycles. The van der Waals surface area contributed by atoms with Gasteiger partial charge >= 0.3 is 5.97 Å². The molecule has 0 aromatic heterocycles. The number of carboxylic acid groups (broad SMARTS) is 1. The maximum absolute atomic E-state index is 11.3. The van der Waals surface area contributed by atoms with Gasteiger partial charge in [-0.05, 0) is 24.1 Å². The number of nitrogens with zero attached hydrogens (tertiary/aromatic N) is 1. The smallest absolute Gasteiger partial charge is 0.321 e. The number of aliphatic hydroxyl groups is 1. The molecule has 5 nitrogen and oxygen atoms in total. The zero-order valence-electron chi connectivity index (χ0n) is 11.9. The molecule has 3 rings (SSSR count). The van der Waals surface area contributed by atoms with Crippen molar-refractivity contribution in [3.8, 4) is 5.75 Å². The number of rotatable bonds is 3. The lowest BCUT2D eigenvalue weighted by atomic mass is 9.95. The molecule has 0 radical (unpaired) electrons. The van der Waals surface area contributed by atoms with Gasteiger partial charge in [0, 0.05) is 17.2 Å². The molecule has 1 aromatic rings. The molecule has 0 spiro atoms. The van der Waals surface area contributed by atoms with Crippen molar-refractivity contribution < 1.29 is 19.7 Å². The third kappa shape index (κ3) is 2.63. The molecule has 2 N–H and O–H groups in total. The Balaban J connectivity index is 1.87. The molecule has 0 saturated carbocycles. The van der Waals surface area contributed by atoms with Gasteiger partial charge in [0.2, 0.25) is 0 Å². The lowest BCUT2D eigenvalue weighted by molar-refractivity contribution is -0.144. The van der Waals surface area contributed by atoms with Crippen LogP contribution in [-0.2, 0) is 11.2 Å². The van der Waals surface area contributed by atoms with Crippen LogP contribution in [-0.4, -0.2) is 51.4 Å². The largest absolute Gasteiger partial charge is 0.491 e. The number of ether oxygens (including phenoxy) is 1. The Morgan fingerprint density at radius 3 is 3.05 bits per heavy atom. The van der Waals surface area contributed by atoms with Crippen LogP contribution in [0, 0.1) is 0 Å². The minimum Gasteiger partial charge on any atom is -0.491 e. The molecule has 2 heterocycles. The van der Waals surface area contributed by atoms with Crippen molar-refractivity contribution in [1.82, 2.24) is 4.90 Å². The van der Waals surface area contributed by atoms with Crippen LogP contribution in [0.5, 0.6) is 5.75 Å². The molecule has 2 aliphatic rings. The van der Waals surface area contributed by atoms with Crippen LogP contribution in [0.1, 0.15) is 24.2 Å². The first-order chi connectivity index (χ1) is 10.1. The summed E-state index contributed by atoms with van der Waals surface area (Å²) in [6.07, 6.45) is 0.183. The van der Waals surface area contributed by atoms with E-state index in [2.05, 4.69) is 6.92 Å². The highest BCUT2D eigenvalue weighted by Crippen LogP contribution is 2.38. The third-order valence-corrected chi connectivity index (χ3v) is 5.23. The Bertz CT molecular complexity index is 550. The molecule has 1 aromatic carbocycles. The van der Waals surface area contributed by atoms with Gasteiger partial charge in [-0.15, -0.1) is 11.8 Å². The maximum atomic E-state index is 11.3. The van der Waals surface area contributed by atoms with Crippen LogP contribution in [0.15, 0.2) is 18.2 Å². The molecule has 1 saturated heterocycles. The van der Waals surface area contributed by atoms with Gasteiger partial charge in [-0.1, -0.05) is 13.0 Å². The van der Waals surface area contributed by atoms with Gasteiger partial charge in [0.25, 0.3) is 0 Å². The fourth-order valence-corrected chi connectivity index (χ4v) is 4.17. The van der Waals surface area contributed by atoms with E-state index in [1.54, 1.807) is 11.8 Å². The van der Waals surface area contributed by atoms with Gasteiger partial charge in [-0.3, -0.25) is 9.69 Å². The molecule has 0 amide bonds. The molecule has 3 atom stereocenters. The average Bonchev–Trinajstić information content (AvgIpc) is 2.97. The summed E-state index contributed by atoms with van der Waals surface area (Å²) in [5.41, 5.74) is 1.91. The number of hydrogen-bond acceptors (Lipinski definition) is 5. The lowest BCUT2D eigenvalue weighted by Gasteiger charge is -2.37. The molecular weight excluding hydrogens is 290 g/mol. The Morgan fingerprint density at radius 1 is 1.52 bits per heavy atom. The Morgan fingerprint density at radius 2 is 2.33 bits per heavy atom. The molecule has 21 heavy (non-hydrogen) atoms. The van der Waals surface area contributed by atoms with E-state index in [0.29, 0.717) is 24.0 Å². The van der Waals surface area contributed by atoms with E-state index in [4.69, 9.17) is 4.74 Å². The molecule has 1 fully saturated rings. The normalized spacial score (nSPS) is 29.0. The molecule has 2 aliphatic heterocycles. The van der Waals surface area contributed by atoms with Crippen LogP contribution in [0.4, 0.5) is 0 Å². The number of fused-ring (bicyclic) bond motifs is 1. The second-order valence-corrected chi connectivity index (χ2v) is 6.42. The molecular formula is C15H19NO4S. The summed E-state index contributed by atoms with van der Waals surface area (Å²) < 4.78 is 5.74. The van der Waals surface area contributed by atoms with Gasteiger partial charge in [-0.2, -0.15) is 0 Å². The van der Waals surface area contributed by atoms with Gasteiger partial charge < -0.3 is 14.9 Å². The zero-order valence-corrected chi connectivity index (χ0v) is 12.7. The molecule has 0 bridgehead atoms. The highest BCUT2D eigenvalue weighted by molar-refractivity contribution is 7.99. The van der Waals surface area contributed by atoms with Crippen LogP contribution < -0.4 is 4.74 Å². The van der Waals surface area contributed by atoms with Crippen molar-refractivity contribution in [2.24, 2.45) is 0 Å². The average molecular weight is 309 g/mol. The standard InChI is InChI=1S/C15H19NO4S/c1-2-9-3-4-13-10(5-9)14(17)11(6-20-13)16-8-21-7-12(16)15(18)19/h3-5,11-12,14,17H,2,6-8H2,1H3,(H,18,19). The summed E-state index contributed by atoms with van der Waals surface area (Å²) in [5, 5.41) is 20.0. The zero-order chi connectivity index (χ0) is 15.0. The fourth-order valence-electron chi connectivity index (χ4n) is 2.93. The predicted molar refractivity (Wildman–Crippen MR) is 80.7 cm³/mol. The molecule has 114 valence electrons. The second kappa shape index (κ2) is 5.87. The van der Waals surface area contributed by atoms with E-state index in [0.717, 1.165) is 17.5 Å². The Labute approximate surface area is 127 Å². The Hall–Kier alpha value is -1.24.